The Hall–Kier alpha value is -4.63. The number of likely N-dealkylation sites (tertiary alicyclic amines) is 1. The zero-order valence-electron chi connectivity index (χ0n) is 20.5. The van der Waals surface area contributed by atoms with E-state index < -0.39 is 17.2 Å². The lowest BCUT2D eigenvalue weighted by molar-refractivity contribution is -0.131. The lowest BCUT2D eigenvalue weighted by atomic mass is 9.71. The number of rotatable bonds is 10. The van der Waals surface area contributed by atoms with Crippen molar-refractivity contribution >= 4 is 17.7 Å². The molecule has 38 heavy (non-hydrogen) atoms. The third-order valence-corrected chi connectivity index (χ3v) is 7.55. The van der Waals surface area contributed by atoms with Crippen LogP contribution in [0.25, 0.3) is 0 Å². The second-order valence-electron chi connectivity index (χ2n) is 9.70. The molecule has 0 radical (unpaired) electrons. The summed E-state index contributed by atoms with van der Waals surface area (Å²) < 4.78 is 0. The number of aromatic nitrogens is 4. The Morgan fingerprint density at radius 2 is 1.63 bits per heavy atom. The zero-order valence-corrected chi connectivity index (χ0v) is 20.5. The van der Waals surface area contributed by atoms with E-state index in [0.29, 0.717) is 35.8 Å². The summed E-state index contributed by atoms with van der Waals surface area (Å²) in [5.41, 5.74) is 12.1. The van der Waals surface area contributed by atoms with Crippen LogP contribution in [0.2, 0.25) is 0 Å². The number of H-pyrrole nitrogens is 1. The second-order valence-corrected chi connectivity index (χ2v) is 9.70. The number of amides is 3. The van der Waals surface area contributed by atoms with Gasteiger partial charge in [-0.1, -0.05) is 29.5 Å². The van der Waals surface area contributed by atoms with Gasteiger partial charge in [-0.3, -0.25) is 14.4 Å². The topological polar surface area (TPSA) is 197 Å². The van der Waals surface area contributed by atoms with Crippen molar-refractivity contribution in [1.29, 1.82) is 5.26 Å². The number of nitrogens with two attached hydrogens (primary N) is 2. The maximum absolute atomic E-state index is 12.9. The molecule has 3 atom stereocenters. The minimum absolute atomic E-state index is 0.0882. The molecular formula is C26H27N9O3. The average molecular weight is 514 g/mol. The van der Waals surface area contributed by atoms with E-state index in [1.807, 2.05) is 0 Å². The molecule has 1 saturated carbocycles. The first kappa shape index (κ1) is 25.0. The zero-order chi connectivity index (χ0) is 26.9. The van der Waals surface area contributed by atoms with Crippen molar-refractivity contribution in [3.05, 3.63) is 76.6 Å². The number of piperidine rings is 1. The molecule has 6 N–H and O–H groups in total. The number of carbonyl (C=O) groups excluding carboxylic acids is 3. The Balaban J connectivity index is 1.44. The molecule has 1 aliphatic heterocycles. The number of nitrogens with one attached hydrogen (secondary N) is 2. The van der Waals surface area contributed by atoms with Gasteiger partial charge in [-0.15, -0.1) is 10.2 Å². The molecule has 12 heteroatoms. The van der Waals surface area contributed by atoms with Crippen LogP contribution in [0.5, 0.6) is 0 Å². The van der Waals surface area contributed by atoms with Crippen LogP contribution in [-0.4, -0.2) is 68.4 Å². The number of nitriles is 1. The lowest BCUT2D eigenvalue weighted by Gasteiger charge is -2.32. The summed E-state index contributed by atoms with van der Waals surface area (Å²) in [6.45, 7) is 0.472. The number of benzene rings is 2. The van der Waals surface area contributed by atoms with Crippen molar-refractivity contribution < 1.29 is 14.4 Å². The molecule has 5 rings (SSSR count). The van der Waals surface area contributed by atoms with Crippen LogP contribution in [0.3, 0.4) is 0 Å². The Labute approximate surface area is 218 Å². The van der Waals surface area contributed by atoms with Gasteiger partial charge in [-0.05, 0) is 67.1 Å². The van der Waals surface area contributed by atoms with Crippen molar-refractivity contribution in [3.63, 3.8) is 0 Å². The minimum atomic E-state index is -0.959. The molecule has 3 amide bonds. The number of aromatic amines is 1. The summed E-state index contributed by atoms with van der Waals surface area (Å²) in [5.74, 6) is -0.384. The molecule has 1 aliphatic carbocycles. The summed E-state index contributed by atoms with van der Waals surface area (Å²) in [6, 6.07) is 15.7. The molecule has 0 bridgehead atoms. The Kier molecular flexibility index (Phi) is 6.61. The van der Waals surface area contributed by atoms with Crippen LogP contribution in [0.1, 0.15) is 56.9 Å². The van der Waals surface area contributed by atoms with Crippen LogP contribution < -0.4 is 16.8 Å². The molecule has 3 aromatic rings. The predicted octanol–water partition coefficient (Wildman–Crippen LogP) is 0.225. The number of carbonyl (C=O) groups is 3. The summed E-state index contributed by atoms with van der Waals surface area (Å²) >= 11 is 0. The standard InChI is InChI=1S/C26H27N9O3/c27-13-20-11-17-12-21(17)35(20)22(36)14-30-10-9-26(25-31-33-34-32-25,18-5-1-15(2-6-18)23(28)37)19-7-3-16(4-8-19)24(29)38/h1-8,17,20-21,30H,9-12,14H2,(H2,28,37)(H2,29,38)(H,31,32,33,34)/t17-,20?,21+/m1/s1. The van der Waals surface area contributed by atoms with Crippen molar-refractivity contribution in [1.82, 2.24) is 30.8 Å². The predicted molar refractivity (Wildman–Crippen MR) is 134 cm³/mol. The van der Waals surface area contributed by atoms with Gasteiger partial charge in [-0.25, -0.2) is 0 Å². The maximum Gasteiger partial charge on any atom is 0.248 e. The van der Waals surface area contributed by atoms with E-state index in [1.54, 1.807) is 53.4 Å². The quantitative estimate of drug-likeness (QED) is 0.276. The van der Waals surface area contributed by atoms with Crippen molar-refractivity contribution in [3.8, 4) is 6.07 Å². The molecule has 194 valence electrons. The van der Waals surface area contributed by atoms with Crippen LogP contribution in [0.15, 0.2) is 48.5 Å². The van der Waals surface area contributed by atoms with Gasteiger partial charge in [-0.2, -0.15) is 10.5 Å². The fraction of sp³-hybridized carbons (Fsp3) is 0.346. The van der Waals surface area contributed by atoms with E-state index in [4.69, 9.17) is 11.5 Å². The number of primary amides is 2. The van der Waals surface area contributed by atoms with E-state index in [2.05, 4.69) is 32.0 Å². The highest BCUT2D eigenvalue weighted by Gasteiger charge is 2.53. The molecule has 1 saturated heterocycles. The number of hydrogen-bond acceptors (Lipinski definition) is 8. The highest BCUT2D eigenvalue weighted by atomic mass is 16.2. The van der Waals surface area contributed by atoms with Gasteiger partial charge >= 0.3 is 0 Å². The number of tetrazole rings is 1. The van der Waals surface area contributed by atoms with E-state index in [1.165, 1.54) is 0 Å². The van der Waals surface area contributed by atoms with E-state index in [9.17, 15) is 19.6 Å². The van der Waals surface area contributed by atoms with E-state index in [0.717, 1.165) is 24.0 Å². The SMILES string of the molecule is N#CC1C[C@@H]2C[C@@H]2N1C(=O)CNCCC(c1ccc(C(N)=O)cc1)(c1ccc(C(N)=O)cc1)c1nn[nH]n1. The first-order valence-corrected chi connectivity index (χ1v) is 12.3. The van der Waals surface area contributed by atoms with Gasteiger partial charge in [0, 0.05) is 17.2 Å². The highest BCUT2D eigenvalue weighted by molar-refractivity contribution is 5.93. The van der Waals surface area contributed by atoms with Gasteiger partial charge in [0.2, 0.25) is 17.7 Å². The van der Waals surface area contributed by atoms with Crippen molar-refractivity contribution in [2.45, 2.75) is 36.8 Å². The van der Waals surface area contributed by atoms with Gasteiger partial charge < -0.3 is 21.7 Å². The highest BCUT2D eigenvalue weighted by Crippen LogP contribution is 2.47. The molecule has 2 aliphatic rings. The summed E-state index contributed by atoms with van der Waals surface area (Å²) in [7, 11) is 0. The second kappa shape index (κ2) is 10.0. The number of fused-ring (bicyclic) bond motifs is 1. The van der Waals surface area contributed by atoms with Gasteiger partial charge in [0.1, 0.15) is 6.04 Å². The van der Waals surface area contributed by atoms with Crippen LogP contribution in [0, 0.1) is 17.2 Å². The van der Waals surface area contributed by atoms with Crippen molar-refractivity contribution in [2.24, 2.45) is 17.4 Å². The first-order valence-electron chi connectivity index (χ1n) is 12.3. The third kappa shape index (κ3) is 4.48. The third-order valence-electron chi connectivity index (χ3n) is 7.55. The fourth-order valence-electron chi connectivity index (χ4n) is 5.50. The summed E-state index contributed by atoms with van der Waals surface area (Å²) in [5, 5.41) is 27.5. The molecule has 12 nitrogen and oxygen atoms in total. The van der Waals surface area contributed by atoms with Crippen LogP contribution in [0.4, 0.5) is 0 Å². The van der Waals surface area contributed by atoms with E-state index in [-0.39, 0.29) is 24.5 Å². The molecule has 1 aromatic heterocycles. The van der Waals surface area contributed by atoms with Gasteiger partial charge in [0.15, 0.2) is 5.82 Å². The van der Waals surface area contributed by atoms with Gasteiger partial charge in [0.25, 0.3) is 0 Å². The largest absolute Gasteiger partial charge is 0.366 e. The van der Waals surface area contributed by atoms with E-state index >= 15 is 0 Å². The monoisotopic (exact) mass is 513 g/mol. The van der Waals surface area contributed by atoms with Gasteiger partial charge in [0.05, 0.1) is 18.0 Å². The molecule has 2 heterocycles. The van der Waals surface area contributed by atoms with Crippen LogP contribution in [-0.2, 0) is 10.2 Å². The first-order chi connectivity index (χ1) is 18.3. The smallest absolute Gasteiger partial charge is 0.248 e. The Morgan fingerprint density at radius 3 is 2.13 bits per heavy atom. The molecule has 2 fully saturated rings. The van der Waals surface area contributed by atoms with Crippen molar-refractivity contribution in [2.75, 3.05) is 13.1 Å². The van der Waals surface area contributed by atoms with Crippen LogP contribution >= 0.6 is 0 Å². The molecule has 1 unspecified atom stereocenters. The summed E-state index contributed by atoms with van der Waals surface area (Å²) in [6.07, 6.45) is 2.11. The average Bonchev–Trinajstić information content (AvgIpc) is 3.29. The molecular weight excluding hydrogens is 486 g/mol. The Bertz CT molecular complexity index is 1320. The normalized spacial score (nSPS) is 20.0. The molecule has 0 spiro atoms. The number of nitrogens with zero attached hydrogens (tertiary/aromatic N) is 5. The fourth-order valence-corrected chi connectivity index (χ4v) is 5.50. The minimum Gasteiger partial charge on any atom is -0.366 e. The lowest BCUT2D eigenvalue weighted by Crippen LogP contribution is -2.44. The summed E-state index contributed by atoms with van der Waals surface area (Å²) in [4.78, 5) is 38.0. The Morgan fingerprint density at radius 1 is 1.03 bits per heavy atom. The number of hydrogen-bond donors (Lipinski definition) is 4. The maximum atomic E-state index is 12.9. The molecule has 2 aromatic carbocycles.